The maximum absolute atomic E-state index is 11.9. The van der Waals surface area contributed by atoms with Crippen LogP contribution in [0.4, 0.5) is 0 Å². The zero-order valence-corrected chi connectivity index (χ0v) is 8.57. The second-order valence-electron chi connectivity index (χ2n) is 5.17. The Morgan fingerprint density at radius 1 is 1.43 bits per heavy atom. The lowest BCUT2D eigenvalue weighted by Crippen LogP contribution is -2.22. The lowest BCUT2D eigenvalue weighted by Gasteiger charge is -2.24. The van der Waals surface area contributed by atoms with Gasteiger partial charge in [0, 0.05) is 12.3 Å². The van der Waals surface area contributed by atoms with E-state index in [1.165, 1.54) is 12.0 Å². The molecule has 2 fully saturated rings. The van der Waals surface area contributed by atoms with Gasteiger partial charge < -0.3 is 0 Å². The molecule has 1 nitrogen and oxygen atoms in total. The van der Waals surface area contributed by atoms with Crippen LogP contribution in [0.1, 0.15) is 19.8 Å². The number of fused-ring (bicyclic) bond motifs is 5. The molecule has 0 aromatic rings. The molecule has 2 bridgehead atoms. The van der Waals surface area contributed by atoms with Crippen molar-refractivity contribution in [3.05, 3.63) is 24.3 Å². The summed E-state index contributed by atoms with van der Waals surface area (Å²) in [5, 5.41) is 0. The first-order valence-electron chi connectivity index (χ1n) is 5.55. The number of Topliss-reactive ketones (excluding diaryl/α,β-unsaturated/α-hetero) is 1. The summed E-state index contributed by atoms with van der Waals surface area (Å²) in [5.74, 6) is 3.19. The highest BCUT2D eigenvalue weighted by Crippen LogP contribution is 2.57. The molecular weight excluding hydrogens is 172 g/mol. The molecule has 1 heteroatoms. The van der Waals surface area contributed by atoms with E-state index in [2.05, 4.69) is 25.7 Å². The van der Waals surface area contributed by atoms with Gasteiger partial charge in [0.15, 0.2) is 0 Å². The molecule has 14 heavy (non-hydrogen) atoms. The molecular formula is C13H16O. The number of hydrogen-bond donors (Lipinski definition) is 0. The van der Waals surface area contributed by atoms with Crippen LogP contribution in [0, 0.1) is 29.6 Å². The monoisotopic (exact) mass is 188 g/mol. The number of ketones is 1. The van der Waals surface area contributed by atoms with E-state index < -0.39 is 0 Å². The molecule has 2 saturated carbocycles. The zero-order valence-electron chi connectivity index (χ0n) is 8.57. The SMILES string of the molecule is C=C(C)[C@@H]1CC(=O)[C@@H]2[C@H]1[C@@H]1C=C[C@H]2C1. The van der Waals surface area contributed by atoms with E-state index in [9.17, 15) is 4.79 Å². The number of carbonyl (C=O) groups is 1. The number of rotatable bonds is 1. The molecule has 0 radical (unpaired) electrons. The van der Waals surface area contributed by atoms with E-state index in [-0.39, 0.29) is 0 Å². The summed E-state index contributed by atoms with van der Waals surface area (Å²) in [7, 11) is 0. The minimum atomic E-state index is 0.353. The largest absolute Gasteiger partial charge is 0.299 e. The van der Waals surface area contributed by atoms with Crippen LogP contribution in [0.15, 0.2) is 24.3 Å². The molecule has 3 aliphatic carbocycles. The molecule has 3 aliphatic rings. The smallest absolute Gasteiger partial charge is 0.137 e. The van der Waals surface area contributed by atoms with Crippen LogP contribution in [0.25, 0.3) is 0 Å². The number of allylic oxidation sites excluding steroid dienone is 3. The van der Waals surface area contributed by atoms with Gasteiger partial charge in [0.2, 0.25) is 0 Å². The highest BCUT2D eigenvalue weighted by atomic mass is 16.1. The maximum atomic E-state index is 11.9. The quantitative estimate of drug-likeness (QED) is 0.578. The van der Waals surface area contributed by atoms with E-state index in [1.54, 1.807) is 0 Å². The first-order chi connectivity index (χ1) is 6.68. The van der Waals surface area contributed by atoms with Gasteiger partial charge in [0.25, 0.3) is 0 Å². The highest BCUT2D eigenvalue weighted by molar-refractivity contribution is 5.86. The minimum absolute atomic E-state index is 0.353. The summed E-state index contributed by atoms with van der Waals surface area (Å²) < 4.78 is 0. The lowest BCUT2D eigenvalue weighted by molar-refractivity contribution is -0.121. The molecule has 0 spiro atoms. The molecule has 3 rings (SSSR count). The zero-order chi connectivity index (χ0) is 9.87. The third kappa shape index (κ3) is 0.879. The normalized spacial score (nSPS) is 48.6. The standard InChI is InChI=1S/C13H16O/c1-7(2)10-6-11(14)13-9-4-3-8(5-9)12(10)13/h3-4,8-10,12-13H,1,5-6H2,2H3/t8-,9+,10+,12+,13-/m1/s1. The summed E-state index contributed by atoms with van der Waals surface area (Å²) >= 11 is 0. The van der Waals surface area contributed by atoms with Crippen molar-refractivity contribution in [2.45, 2.75) is 19.8 Å². The van der Waals surface area contributed by atoms with E-state index >= 15 is 0 Å². The minimum Gasteiger partial charge on any atom is -0.299 e. The van der Waals surface area contributed by atoms with Gasteiger partial charge in [-0.05, 0) is 37.0 Å². The van der Waals surface area contributed by atoms with E-state index in [1.807, 2.05) is 0 Å². The van der Waals surface area contributed by atoms with Gasteiger partial charge in [-0.3, -0.25) is 4.79 Å². The molecule has 0 amide bonds. The van der Waals surface area contributed by atoms with Crippen molar-refractivity contribution in [2.24, 2.45) is 29.6 Å². The fraction of sp³-hybridized carbons (Fsp3) is 0.615. The maximum Gasteiger partial charge on any atom is 0.137 e. The summed E-state index contributed by atoms with van der Waals surface area (Å²) in [5.41, 5.74) is 1.21. The molecule has 0 aliphatic heterocycles. The number of carbonyl (C=O) groups excluding carboxylic acids is 1. The fourth-order valence-corrected chi connectivity index (χ4v) is 3.85. The lowest BCUT2D eigenvalue weighted by atomic mass is 9.79. The molecule has 0 heterocycles. The summed E-state index contributed by atoms with van der Waals surface area (Å²) in [6.07, 6.45) is 6.59. The van der Waals surface area contributed by atoms with Crippen molar-refractivity contribution >= 4 is 5.78 Å². The van der Waals surface area contributed by atoms with E-state index in [4.69, 9.17) is 0 Å². The van der Waals surface area contributed by atoms with Gasteiger partial charge in [-0.1, -0.05) is 24.3 Å². The second kappa shape index (κ2) is 2.59. The Balaban J connectivity index is 1.99. The third-order valence-electron chi connectivity index (χ3n) is 4.41. The fourth-order valence-electron chi connectivity index (χ4n) is 3.85. The summed E-state index contributed by atoms with van der Waals surface area (Å²) in [6, 6.07) is 0. The van der Waals surface area contributed by atoms with Crippen LogP contribution in [-0.2, 0) is 4.79 Å². The molecule has 5 atom stereocenters. The Labute approximate surface area is 84.9 Å². The van der Waals surface area contributed by atoms with Crippen molar-refractivity contribution in [3.63, 3.8) is 0 Å². The average molecular weight is 188 g/mol. The summed E-state index contributed by atoms with van der Waals surface area (Å²) in [4.78, 5) is 11.9. The van der Waals surface area contributed by atoms with Crippen molar-refractivity contribution < 1.29 is 4.79 Å². The van der Waals surface area contributed by atoms with Gasteiger partial charge in [-0.25, -0.2) is 0 Å². The Hall–Kier alpha value is -0.850. The average Bonchev–Trinajstić information content (AvgIpc) is 2.75. The van der Waals surface area contributed by atoms with Gasteiger partial charge in [-0.15, -0.1) is 0 Å². The Morgan fingerprint density at radius 2 is 2.14 bits per heavy atom. The van der Waals surface area contributed by atoms with Gasteiger partial charge in [-0.2, -0.15) is 0 Å². The van der Waals surface area contributed by atoms with Gasteiger partial charge in [0.1, 0.15) is 5.78 Å². The van der Waals surface area contributed by atoms with E-state index in [0.717, 1.165) is 6.42 Å². The first kappa shape index (κ1) is 8.46. The van der Waals surface area contributed by atoms with Gasteiger partial charge >= 0.3 is 0 Å². The third-order valence-corrected chi connectivity index (χ3v) is 4.41. The highest BCUT2D eigenvalue weighted by Gasteiger charge is 2.55. The Bertz CT molecular complexity index is 339. The number of hydrogen-bond acceptors (Lipinski definition) is 1. The first-order valence-corrected chi connectivity index (χ1v) is 5.55. The molecule has 0 aromatic heterocycles. The van der Waals surface area contributed by atoms with Crippen LogP contribution < -0.4 is 0 Å². The predicted octanol–water partition coefficient (Wildman–Crippen LogP) is 2.59. The van der Waals surface area contributed by atoms with Crippen molar-refractivity contribution in [1.82, 2.24) is 0 Å². The Morgan fingerprint density at radius 3 is 2.86 bits per heavy atom. The predicted molar refractivity (Wildman–Crippen MR) is 55.6 cm³/mol. The van der Waals surface area contributed by atoms with Crippen LogP contribution in [0.5, 0.6) is 0 Å². The molecule has 0 aromatic carbocycles. The topological polar surface area (TPSA) is 17.1 Å². The van der Waals surface area contributed by atoms with Crippen LogP contribution in [-0.4, -0.2) is 5.78 Å². The molecule has 0 unspecified atom stereocenters. The van der Waals surface area contributed by atoms with Crippen LogP contribution >= 0.6 is 0 Å². The van der Waals surface area contributed by atoms with E-state index in [0.29, 0.717) is 35.4 Å². The molecule has 0 N–H and O–H groups in total. The van der Waals surface area contributed by atoms with Crippen molar-refractivity contribution in [2.75, 3.05) is 0 Å². The second-order valence-corrected chi connectivity index (χ2v) is 5.17. The van der Waals surface area contributed by atoms with Crippen LogP contribution in [0.3, 0.4) is 0 Å². The molecule has 74 valence electrons. The van der Waals surface area contributed by atoms with Gasteiger partial charge in [0.05, 0.1) is 0 Å². The van der Waals surface area contributed by atoms with Crippen molar-refractivity contribution in [1.29, 1.82) is 0 Å². The van der Waals surface area contributed by atoms with Crippen LogP contribution in [0.2, 0.25) is 0 Å². The Kier molecular flexibility index (Phi) is 1.56. The summed E-state index contributed by atoms with van der Waals surface area (Å²) in [6.45, 7) is 6.12. The molecule has 0 saturated heterocycles. The van der Waals surface area contributed by atoms with Crippen molar-refractivity contribution in [3.8, 4) is 0 Å².